The number of hydrogen-bond donors (Lipinski definition) is 3. The van der Waals surface area contributed by atoms with Crippen molar-refractivity contribution < 1.29 is 9.18 Å². The van der Waals surface area contributed by atoms with Crippen LogP contribution in [0.4, 0.5) is 10.1 Å². The van der Waals surface area contributed by atoms with Gasteiger partial charge in [-0.1, -0.05) is 12.1 Å². The molecule has 110 valence electrons. The zero-order valence-corrected chi connectivity index (χ0v) is 11.9. The molecule has 1 aromatic heterocycles. The Kier molecular flexibility index (Phi) is 4.49. The lowest BCUT2D eigenvalue weighted by Gasteiger charge is -2.10. The van der Waals surface area contributed by atoms with Crippen LogP contribution in [0.15, 0.2) is 30.6 Å². The van der Waals surface area contributed by atoms with Gasteiger partial charge in [-0.2, -0.15) is 0 Å². The Bertz CT molecular complexity index is 649. The second kappa shape index (κ2) is 6.32. The predicted octanol–water partition coefficient (Wildman–Crippen LogP) is 2.05. The molecule has 0 aliphatic heterocycles. The predicted molar refractivity (Wildman–Crippen MR) is 79.1 cm³/mol. The molecule has 1 heterocycles. The summed E-state index contributed by atoms with van der Waals surface area (Å²) in [7, 11) is 0. The van der Waals surface area contributed by atoms with Crippen LogP contribution < -0.4 is 16.6 Å². The van der Waals surface area contributed by atoms with Gasteiger partial charge in [-0.25, -0.2) is 4.39 Å². The monoisotopic (exact) mass is 288 g/mol. The van der Waals surface area contributed by atoms with Crippen LogP contribution in [0.25, 0.3) is 0 Å². The molecule has 0 saturated heterocycles. The van der Waals surface area contributed by atoms with Gasteiger partial charge < -0.3 is 10.7 Å². The molecule has 2 rings (SSSR count). The number of nitrogens with two attached hydrogens (primary N) is 1. The topological polar surface area (TPSA) is 80.0 Å². The average molecular weight is 288 g/mol. The number of anilines is 1. The van der Waals surface area contributed by atoms with E-state index in [0.717, 1.165) is 5.56 Å². The van der Waals surface area contributed by atoms with Crippen LogP contribution in [-0.4, -0.2) is 10.9 Å². The fourth-order valence-electron chi connectivity index (χ4n) is 2.12. The number of amides is 1. The van der Waals surface area contributed by atoms with E-state index in [2.05, 4.69) is 15.7 Å². The summed E-state index contributed by atoms with van der Waals surface area (Å²) in [4.78, 5) is 16.0. The lowest BCUT2D eigenvalue weighted by atomic mass is 10.1. The SMILES string of the molecule is Cc1cc(CNC(=O)c2cnccc2NN)cc(C)c1F. The van der Waals surface area contributed by atoms with Crippen LogP contribution in [0, 0.1) is 19.7 Å². The van der Waals surface area contributed by atoms with E-state index in [-0.39, 0.29) is 11.7 Å². The van der Waals surface area contributed by atoms with Gasteiger partial charge in [0.15, 0.2) is 0 Å². The Labute approximate surface area is 122 Å². The van der Waals surface area contributed by atoms with Gasteiger partial charge in [0.1, 0.15) is 5.82 Å². The van der Waals surface area contributed by atoms with Crippen molar-refractivity contribution in [3.63, 3.8) is 0 Å². The first kappa shape index (κ1) is 14.9. The van der Waals surface area contributed by atoms with Crippen molar-refractivity contribution in [2.75, 3.05) is 5.43 Å². The molecule has 0 atom stereocenters. The maximum atomic E-state index is 13.6. The van der Waals surface area contributed by atoms with Crippen molar-refractivity contribution in [1.29, 1.82) is 0 Å². The number of pyridine rings is 1. The first-order valence-corrected chi connectivity index (χ1v) is 6.47. The van der Waals surface area contributed by atoms with E-state index in [4.69, 9.17) is 5.84 Å². The molecule has 0 saturated carbocycles. The lowest BCUT2D eigenvalue weighted by Crippen LogP contribution is -2.25. The van der Waals surface area contributed by atoms with Crippen LogP contribution in [0.1, 0.15) is 27.0 Å². The van der Waals surface area contributed by atoms with Crippen molar-refractivity contribution in [3.05, 3.63) is 58.7 Å². The number of nitrogen functional groups attached to an aromatic ring is 1. The number of halogens is 1. The third-order valence-corrected chi connectivity index (χ3v) is 3.17. The molecular weight excluding hydrogens is 271 g/mol. The van der Waals surface area contributed by atoms with E-state index < -0.39 is 0 Å². The number of aryl methyl sites for hydroxylation is 2. The minimum Gasteiger partial charge on any atom is -0.348 e. The number of rotatable bonds is 4. The number of carbonyl (C=O) groups excluding carboxylic acids is 1. The molecule has 2 aromatic rings. The molecule has 0 unspecified atom stereocenters. The highest BCUT2D eigenvalue weighted by Gasteiger charge is 2.11. The van der Waals surface area contributed by atoms with Crippen molar-refractivity contribution in [1.82, 2.24) is 10.3 Å². The summed E-state index contributed by atoms with van der Waals surface area (Å²) in [5.74, 6) is 4.84. The number of nitrogens with zero attached hydrogens (tertiary/aromatic N) is 1. The van der Waals surface area contributed by atoms with E-state index in [0.29, 0.717) is 28.9 Å². The van der Waals surface area contributed by atoms with Gasteiger partial charge in [0.05, 0.1) is 11.3 Å². The van der Waals surface area contributed by atoms with Crippen LogP contribution in [0.3, 0.4) is 0 Å². The molecule has 0 bridgehead atoms. The van der Waals surface area contributed by atoms with Crippen LogP contribution in [-0.2, 0) is 6.54 Å². The highest BCUT2D eigenvalue weighted by Crippen LogP contribution is 2.15. The fourth-order valence-corrected chi connectivity index (χ4v) is 2.12. The summed E-state index contributed by atoms with van der Waals surface area (Å²) < 4.78 is 13.6. The van der Waals surface area contributed by atoms with Gasteiger partial charge >= 0.3 is 0 Å². The summed E-state index contributed by atoms with van der Waals surface area (Å²) >= 11 is 0. The number of aromatic nitrogens is 1. The molecule has 0 aliphatic rings. The van der Waals surface area contributed by atoms with E-state index >= 15 is 0 Å². The quantitative estimate of drug-likeness (QED) is 0.594. The minimum absolute atomic E-state index is 0.216. The van der Waals surface area contributed by atoms with Crippen LogP contribution in [0.2, 0.25) is 0 Å². The van der Waals surface area contributed by atoms with E-state index in [9.17, 15) is 9.18 Å². The zero-order valence-electron chi connectivity index (χ0n) is 11.9. The van der Waals surface area contributed by atoms with Gasteiger partial charge in [-0.05, 0) is 36.6 Å². The van der Waals surface area contributed by atoms with Crippen molar-refractivity contribution in [3.8, 4) is 0 Å². The Morgan fingerprint density at radius 1 is 1.33 bits per heavy atom. The zero-order chi connectivity index (χ0) is 15.4. The fraction of sp³-hybridized carbons (Fsp3) is 0.200. The Balaban J connectivity index is 2.11. The first-order chi connectivity index (χ1) is 10.0. The molecule has 0 radical (unpaired) electrons. The van der Waals surface area contributed by atoms with Gasteiger partial charge in [0.25, 0.3) is 5.91 Å². The van der Waals surface area contributed by atoms with Gasteiger partial charge in [0.2, 0.25) is 0 Å². The summed E-state index contributed by atoms with van der Waals surface area (Å²) in [5, 5.41) is 2.77. The minimum atomic E-state index is -0.296. The number of nitrogens with one attached hydrogen (secondary N) is 2. The van der Waals surface area contributed by atoms with Crippen LogP contribution in [0.5, 0.6) is 0 Å². The molecule has 1 amide bonds. The molecular formula is C15H17FN4O. The third kappa shape index (κ3) is 3.35. The highest BCUT2D eigenvalue weighted by molar-refractivity contribution is 5.99. The summed E-state index contributed by atoms with van der Waals surface area (Å²) in [6, 6.07) is 5.04. The third-order valence-electron chi connectivity index (χ3n) is 3.17. The molecule has 21 heavy (non-hydrogen) atoms. The largest absolute Gasteiger partial charge is 0.348 e. The van der Waals surface area contributed by atoms with Gasteiger partial charge in [-0.3, -0.25) is 15.6 Å². The molecule has 1 aromatic carbocycles. The normalized spacial score (nSPS) is 10.3. The number of hydrogen-bond acceptors (Lipinski definition) is 4. The first-order valence-electron chi connectivity index (χ1n) is 6.47. The Hall–Kier alpha value is -2.47. The summed E-state index contributed by atoms with van der Waals surface area (Å²) in [6.45, 7) is 3.70. The maximum Gasteiger partial charge on any atom is 0.255 e. The van der Waals surface area contributed by atoms with Gasteiger partial charge in [0, 0.05) is 18.9 Å². The van der Waals surface area contributed by atoms with Crippen molar-refractivity contribution in [2.24, 2.45) is 5.84 Å². The molecule has 0 spiro atoms. The molecule has 6 heteroatoms. The van der Waals surface area contributed by atoms with Crippen molar-refractivity contribution >= 4 is 11.6 Å². The molecule has 4 N–H and O–H groups in total. The standard InChI is InChI=1S/C15H17FN4O/c1-9-5-11(6-10(2)14(9)16)7-19-15(21)12-8-18-4-3-13(12)20-17/h3-6,8H,7,17H2,1-2H3,(H,18,20)(H,19,21). The number of benzene rings is 1. The average Bonchev–Trinajstić information content (AvgIpc) is 2.50. The lowest BCUT2D eigenvalue weighted by molar-refractivity contribution is 0.0951. The second-order valence-electron chi connectivity index (χ2n) is 4.79. The Morgan fingerprint density at radius 2 is 2.00 bits per heavy atom. The molecule has 0 aliphatic carbocycles. The Morgan fingerprint density at radius 3 is 2.62 bits per heavy atom. The van der Waals surface area contributed by atoms with Gasteiger partial charge in [-0.15, -0.1) is 0 Å². The number of hydrazine groups is 1. The summed E-state index contributed by atoms with van der Waals surface area (Å²) in [5.41, 5.74) is 5.26. The maximum absolute atomic E-state index is 13.6. The molecule has 5 nitrogen and oxygen atoms in total. The summed E-state index contributed by atoms with van der Waals surface area (Å²) in [6.07, 6.45) is 2.98. The van der Waals surface area contributed by atoms with Crippen molar-refractivity contribution in [2.45, 2.75) is 20.4 Å². The second-order valence-corrected chi connectivity index (χ2v) is 4.79. The smallest absolute Gasteiger partial charge is 0.255 e. The molecule has 0 fully saturated rings. The van der Waals surface area contributed by atoms with Crippen LogP contribution >= 0.6 is 0 Å². The number of carbonyl (C=O) groups is 1. The van der Waals surface area contributed by atoms with E-state index in [1.54, 1.807) is 38.2 Å². The van der Waals surface area contributed by atoms with E-state index in [1.165, 1.54) is 6.20 Å². The highest BCUT2D eigenvalue weighted by atomic mass is 19.1. The van der Waals surface area contributed by atoms with E-state index in [1.807, 2.05) is 0 Å².